The van der Waals surface area contributed by atoms with Crippen LogP contribution in [0.2, 0.25) is 0 Å². The van der Waals surface area contributed by atoms with Crippen LogP contribution in [0.15, 0.2) is 82.7 Å². The molecule has 0 radical (unpaired) electrons. The molecule has 244 valence electrons. The van der Waals surface area contributed by atoms with Gasteiger partial charge in [-0.05, 0) is 66.1 Å². The Morgan fingerprint density at radius 2 is 1.47 bits per heavy atom. The van der Waals surface area contributed by atoms with Crippen LogP contribution in [-0.2, 0) is 54.9 Å². The molecule has 0 saturated carbocycles. The fraction of sp³-hybridized carbons (Fsp3) is 0.294. The molecule has 1 aliphatic carbocycles. The van der Waals surface area contributed by atoms with E-state index in [-0.39, 0.29) is 30.2 Å². The fourth-order valence-corrected chi connectivity index (χ4v) is 7.10. The Balaban J connectivity index is 1.33. The molecule has 0 saturated heterocycles. The van der Waals surface area contributed by atoms with Gasteiger partial charge in [-0.2, -0.15) is 4.98 Å². The second-order valence-corrected chi connectivity index (χ2v) is 14.4. The lowest BCUT2D eigenvalue weighted by atomic mass is 10.0. The smallest absolute Gasteiger partial charge is 0.277 e. The number of rotatable bonds is 13. The molecule has 5 aromatic rings. The Hall–Kier alpha value is -4.20. The molecule has 13 heteroatoms. The Labute approximate surface area is 276 Å². The normalized spacial score (nSPS) is 12.8. The van der Waals surface area contributed by atoms with Crippen molar-refractivity contribution < 1.29 is 17.2 Å². The molecule has 0 fully saturated rings. The summed E-state index contributed by atoms with van der Waals surface area (Å²) in [4.78, 5) is 17.4. The number of nitrogens with zero attached hydrogens (tertiary/aromatic N) is 5. The van der Waals surface area contributed by atoms with E-state index in [0.717, 1.165) is 40.8 Å². The van der Waals surface area contributed by atoms with E-state index in [2.05, 4.69) is 19.9 Å². The number of sulfonamides is 1. The van der Waals surface area contributed by atoms with Crippen LogP contribution in [-0.4, -0.2) is 38.5 Å². The van der Waals surface area contributed by atoms with Gasteiger partial charge in [-0.15, -0.1) is 10.2 Å². The monoisotopic (exact) mass is 676 g/mol. The van der Waals surface area contributed by atoms with Crippen LogP contribution in [0.4, 0.5) is 8.78 Å². The van der Waals surface area contributed by atoms with Crippen LogP contribution in [0.1, 0.15) is 52.9 Å². The lowest BCUT2D eigenvalue weighted by molar-refractivity contribution is 0.485. The highest BCUT2D eigenvalue weighted by Gasteiger charge is 2.24. The van der Waals surface area contributed by atoms with E-state index in [1.165, 1.54) is 23.9 Å². The first-order valence-corrected chi connectivity index (χ1v) is 18.0. The molecule has 1 N–H and O–H groups in total. The maximum Gasteiger partial charge on any atom is 0.277 e. The first-order valence-electron chi connectivity index (χ1n) is 15.4. The number of fused-ring (bicyclic) bond motifs is 1. The molecule has 0 atom stereocenters. The van der Waals surface area contributed by atoms with Gasteiger partial charge in [0, 0.05) is 17.0 Å². The molecule has 0 spiro atoms. The van der Waals surface area contributed by atoms with Crippen molar-refractivity contribution in [2.24, 2.45) is 0 Å². The van der Waals surface area contributed by atoms with Crippen LogP contribution in [0, 0.1) is 5.82 Å². The number of hydrogen-bond donors (Lipinski definition) is 1. The molecule has 6 rings (SSSR count). The van der Waals surface area contributed by atoms with Gasteiger partial charge < -0.3 is 9.13 Å². The summed E-state index contributed by atoms with van der Waals surface area (Å²) in [5.41, 5.74) is 5.81. The number of alkyl halides is 1. The largest absolute Gasteiger partial charge is 0.316 e. The second-order valence-electron chi connectivity index (χ2n) is 11.4. The van der Waals surface area contributed by atoms with Crippen molar-refractivity contribution in [2.45, 2.75) is 63.4 Å². The molecular formula is C34H34F2N6O3S2. The maximum absolute atomic E-state index is 13.5. The Morgan fingerprint density at radius 3 is 2.13 bits per heavy atom. The summed E-state index contributed by atoms with van der Waals surface area (Å²) in [6.07, 6.45) is 2.23. The Morgan fingerprint density at radius 1 is 0.830 bits per heavy atom. The SMILES string of the molecule is CCS(=O)(=O)NCc1nnc(Cn2c(SCc3ccc(F)cc3)nc(=O)c3c2CCC3)n1Cc1ccc(-c2ccc(CF)cc2)cc1. The van der Waals surface area contributed by atoms with E-state index in [9.17, 15) is 22.0 Å². The number of nitrogens with one attached hydrogen (secondary N) is 1. The van der Waals surface area contributed by atoms with Crippen LogP contribution in [0.3, 0.4) is 0 Å². The average Bonchev–Trinajstić information content (AvgIpc) is 3.73. The predicted octanol–water partition coefficient (Wildman–Crippen LogP) is 5.43. The molecule has 9 nitrogen and oxygen atoms in total. The van der Waals surface area contributed by atoms with Gasteiger partial charge in [0.25, 0.3) is 5.56 Å². The van der Waals surface area contributed by atoms with Gasteiger partial charge in [0.05, 0.1) is 25.4 Å². The van der Waals surface area contributed by atoms with Crippen LogP contribution >= 0.6 is 11.8 Å². The molecule has 1 aliphatic rings. The van der Waals surface area contributed by atoms with Crippen molar-refractivity contribution in [3.05, 3.63) is 129 Å². The third-order valence-corrected chi connectivity index (χ3v) is 10.6. The van der Waals surface area contributed by atoms with E-state index >= 15 is 0 Å². The van der Waals surface area contributed by atoms with E-state index in [1.54, 1.807) is 31.2 Å². The third kappa shape index (κ3) is 7.69. The van der Waals surface area contributed by atoms with Crippen LogP contribution in [0.25, 0.3) is 11.1 Å². The van der Waals surface area contributed by atoms with Gasteiger partial charge in [-0.25, -0.2) is 21.9 Å². The quantitative estimate of drug-likeness (QED) is 0.131. The molecule has 0 aliphatic heterocycles. The van der Waals surface area contributed by atoms with Crippen molar-refractivity contribution >= 4 is 21.8 Å². The Kier molecular flexibility index (Phi) is 9.95. The van der Waals surface area contributed by atoms with Gasteiger partial charge in [-0.1, -0.05) is 72.4 Å². The van der Waals surface area contributed by atoms with Crippen molar-refractivity contribution in [1.29, 1.82) is 0 Å². The van der Waals surface area contributed by atoms with E-state index in [4.69, 9.17) is 0 Å². The zero-order chi connectivity index (χ0) is 33.0. The molecule has 2 heterocycles. The van der Waals surface area contributed by atoms with Gasteiger partial charge in [0.2, 0.25) is 10.0 Å². The topological polar surface area (TPSA) is 112 Å². The van der Waals surface area contributed by atoms with Crippen molar-refractivity contribution in [3.63, 3.8) is 0 Å². The summed E-state index contributed by atoms with van der Waals surface area (Å²) >= 11 is 1.40. The highest BCUT2D eigenvalue weighted by atomic mass is 32.2. The number of halogens is 2. The van der Waals surface area contributed by atoms with Gasteiger partial charge in [0.1, 0.15) is 18.3 Å². The molecule has 47 heavy (non-hydrogen) atoms. The molecular weight excluding hydrogens is 643 g/mol. The van der Waals surface area contributed by atoms with Gasteiger partial charge in [-0.3, -0.25) is 4.79 Å². The number of benzene rings is 3. The van der Waals surface area contributed by atoms with Crippen molar-refractivity contribution in [2.75, 3.05) is 5.75 Å². The summed E-state index contributed by atoms with van der Waals surface area (Å²) in [5, 5.41) is 9.42. The summed E-state index contributed by atoms with van der Waals surface area (Å²) in [6.45, 7) is 1.67. The maximum atomic E-state index is 13.5. The third-order valence-electron chi connectivity index (χ3n) is 8.25. The minimum atomic E-state index is -3.49. The fourth-order valence-electron chi connectivity index (χ4n) is 5.58. The highest BCUT2D eigenvalue weighted by molar-refractivity contribution is 7.98. The second kappa shape index (κ2) is 14.3. The van der Waals surface area contributed by atoms with Crippen LogP contribution in [0.5, 0.6) is 0 Å². The van der Waals surface area contributed by atoms with Crippen LogP contribution < -0.4 is 10.3 Å². The van der Waals surface area contributed by atoms with Gasteiger partial charge >= 0.3 is 0 Å². The number of thioether (sulfide) groups is 1. The summed E-state index contributed by atoms with van der Waals surface area (Å²) in [5.74, 6) is 1.15. The van der Waals surface area contributed by atoms with Crippen molar-refractivity contribution in [1.82, 2.24) is 29.0 Å². The van der Waals surface area contributed by atoms with Crippen molar-refractivity contribution in [3.8, 4) is 11.1 Å². The van der Waals surface area contributed by atoms with E-state index in [1.807, 2.05) is 45.5 Å². The minimum absolute atomic E-state index is 0.0329. The zero-order valence-corrected chi connectivity index (χ0v) is 27.5. The van der Waals surface area contributed by atoms with E-state index in [0.29, 0.717) is 46.7 Å². The molecule has 0 amide bonds. The number of hydrogen-bond acceptors (Lipinski definition) is 7. The summed E-state index contributed by atoms with van der Waals surface area (Å²) in [6, 6.07) is 21.5. The first-order chi connectivity index (χ1) is 22.7. The summed E-state index contributed by atoms with van der Waals surface area (Å²) < 4.78 is 57.6. The van der Waals surface area contributed by atoms with Gasteiger partial charge in [0.15, 0.2) is 11.0 Å². The van der Waals surface area contributed by atoms with E-state index < -0.39 is 16.7 Å². The first kappa shape index (κ1) is 32.7. The lowest BCUT2D eigenvalue weighted by Crippen LogP contribution is -2.27. The molecule has 3 aromatic carbocycles. The predicted molar refractivity (Wildman–Crippen MR) is 178 cm³/mol. The highest BCUT2D eigenvalue weighted by Crippen LogP contribution is 2.28. The molecule has 0 unspecified atom stereocenters. The molecule has 0 bridgehead atoms. The zero-order valence-electron chi connectivity index (χ0n) is 25.8. The number of aromatic nitrogens is 5. The Bertz CT molecular complexity index is 2030. The molecule has 2 aromatic heterocycles. The summed E-state index contributed by atoms with van der Waals surface area (Å²) in [7, 11) is -3.49. The minimum Gasteiger partial charge on any atom is -0.316 e. The lowest BCUT2D eigenvalue weighted by Gasteiger charge is -2.18. The standard InChI is InChI=1S/C34H34F2N6O3S2/c1-2-47(44,45)37-19-31-39-40-32(42(31)20-24-8-14-27(15-9-24)26-12-6-23(18-35)7-13-26)21-41-30-5-3-4-29(30)33(43)38-34(41)46-22-25-10-16-28(36)17-11-25/h6-17,37H,2-5,18-22H2,1H3. The average molecular weight is 677 g/mol.